The highest BCUT2D eigenvalue weighted by Crippen LogP contribution is 2.42. The molecule has 13 heteroatoms. The number of hydrogen-bond acceptors (Lipinski definition) is 11. The third kappa shape index (κ3) is 8.27. The number of amides is 2. The number of aliphatic hydroxyl groups is 1. The first-order valence-electron chi connectivity index (χ1n) is 17.7. The van der Waals surface area contributed by atoms with Crippen molar-refractivity contribution in [2.45, 2.75) is 58.2 Å². The van der Waals surface area contributed by atoms with Crippen molar-refractivity contribution in [2.24, 2.45) is 11.8 Å². The molecule has 0 spiro atoms. The summed E-state index contributed by atoms with van der Waals surface area (Å²) in [7, 11) is 8.15. The number of rotatable bonds is 14. The van der Waals surface area contributed by atoms with Crippen LogP contribution >= 0.6 is 0 Å². The summed E-state index contributed by atoms with van der Waals surface area (Å²) >= 11 is 0. The van der Waals surface area contributed by atoms with Crippen molar-refractivity contribution in [1.29, 1.82) is 0 Å². The Hall–Kier alpha value is -5.11. The van der Waals surface area contributed by atoms with E-state index >= 15 is 0 Å². The molecule has 2 amide bonds. The lowest BCUT2D eigenvalue weighted by atomic mass is 9.80. The molecular weight excluding hydrogens is 676 g/mol. The van der Waals surface area contributed by atoms with Crippen LogP contribution in [0.25, 0.3) is 0 Å². The van der Waals surface area contributed by atoms with E-state index in [9.17, 15) is 14.7 Å². The molecule has 5 rings (SSSR count). The number of benzene rings is 3. The average Bonchev–Trinajstić information content (AvgIpc) is 3.56. The minimum absolute atomic E-state index is 0.0173. The molecule has 3 atom stereocenters. The maximum Gasteiger partial charge on any atom is 0.238 e. The van der Waals surface area contributed by atoms with Gasteiger partial charge in [0.2, 0.25) is 29.7 Å². The molecule has 1 aliphatic heterocycles. The van der Waals surface area contributed by atoms with E-state index in [1.165, 1.54) is 9.80 Å². The number of nitrogens with zero attached hydrogens (tertiary/aromatic N) is 6. The first-order valence-corrected chi connectivity index (χ1v) is 17.7. The standard InChI is InChI=1S/C40H50N6O7/c1-25(2)35(48)45(6)38-41-37(42-39(43-38)46(7)36(49)26(3)4)44(5)34-23-32(47)33(53-34)24-52-40(27-13-11-10-12-14-27,28-15-19-30(50-8)20-16-28)29-17-21-31(51-9)22-18-29/h10-22,25-26,32-34,47H,23-24H2,1-9H3/t32-,33+,34+/m0/s1. The summed E-state index contributed by atoms with van der Waals surface area (Å²) in [5, 5.41) is 11.4. The normalized spacial score (nSPS) is 17.2. The Morgan fingerprint density at radius 2 is 1.17 bits per heavy atom. The Balaban J connectivity index is 1.48. The van der Waals surface area contributed by atoms with Gasteiger partial charge in [-0.05, 0) is 41.0 Å². The summed E-state index contributed by atoms with van der Waals surface area (Å²) in [6.45, 7) is 7.16. The van der Waals surface area contributed by atoms with Crippen molar-refractivity contribution >= 4 is 29.7 Å². The monoisotopic (exact) mass is 726 g/mol. The van der Waals surface area contributed by atoms with Crippen LogP contribution < -0.4 is 24.2 Å². The van der Waals surface area contributed by atoms with E-state index in [-0.39, 0.29) is 54.5 Å². The van der Waals surface area contributed by atoms with Crippen LogP contribution in [-0.4, -0.2) is 92.3 Å². The van der Waals surface area contributed by atoms with Gasteiger partial charge in [0, 0.05) is 39.4 Å². The minimum Gasteiger partial charge on any atom is -0.497 e. The van der Waals surface area contributed by atoms with Gasteiger partial charge in [-0.25, -0.2) is 0 Å². The van der Waals surface area contributed by atoms with Crippen molar-refractivity contribution < 1.29 is 33.6 Å². The first kappa shape index (κ1) is 39.1. The molecule has 1 fully saturated rings. The number of methoxy groups -OCH3 is 2. The molecule has 13 nitrogen and oxygen atoms in total. The van der Waals surface area contributed by atoms with Crippen LogP contribution in [0.4, 0.5) is 17.8 Å². The van der Waals surface area contributed by atoms with Crippen molar-refractivity contribution in [1.82, 2.24) is 15.0 Å². The molecule has 2 heterocycles. The summed E-state index contributed by atoms with van der Waals surface area (Å²) in [5.41, 5.74) is 1.47. The molecule has 1 N–H and O–H groups in total. The lowest BCUT2D eigenvalue weighted by Crippen LogP contribution is -2.39. The third-order valence-corrected chi connectivity index (χ3v) is 9.44. The summed E-state index contributed by atoms with van der Waals surface area (Å²) in [5.74, 6) is 0.723. The van der Waals surface area contributed by atoms with Crippen molar-refractivity contribution in [3.05, 3.63) is 95.6 Å². The second-order valence-corrected chi connectivity index (χ2v) is 13.7. The largest absolute Gasteiger partial charge is 0.497 e. The van der Waals surface area contributed by atoms with Gasteiger partial charge < -0.3 is 29.0 Å². The summed E-state index contributed by atoms with van der Waals surface area (Å²) < 4.78 is 24.4. The Morgan fingerprint density at radius 3 is 1.60 bits per heavy atom. The number of aromatic nitrogens is 3. The number of hydrogen-bond donors (Lipinski definition) is 1. The first-order chi connectivity index (χ1) is 25.3. The summed E-state index contributed by atoms with van der Waals surface area (Å²) in [6.07, 6.45) is -2.10. The molecule has 4 aromatic rings. The molecular formula is C40H50N6O7. The molecule has 0 bridgehead atoms. The van der Waals surface area contributed by atoms with Gasteiger partial charge in [-0.1, -0.05) is 82.3 Å². The van der Waals surface area contributed by atoms with Crippen molar-refractivity contribution in [3.63, 3.8) is 0 Å². The molecule has 0 radical (unpaired) electrons. The zero-order valence-corrected chi connectivity index (χ0v) is 31.9. The van der Waals surface area contributed by atoms with E-state index in [0.29, 0.717) is 11.5 Å². The SMILES string of the molecule is COc1ccc(C(OC[C@H]2O[C@@H](N(C)c3nc(N(C)C(=O)C(C)C)nc(N(C)C(=O)C(C)C)n3)C[C@@H]2O)(c2ccccc2)c2ccc(OC)cc2)cc1. The Bertz CT molecular complexity index is 1750. The number of aliphatic hydroxyl groups excluding tert-OH is 1. The minimum atomic E-state index is -1.11. The summed E-state index contributed by atoms with van der Waals surface area (Å²) in [6, 6.07) is 25.3. The van der Waals surface area contributed by atoms with Crippen LogP contribution in [0.2, 0.25) is 0 Å². The van der Waals surface area contributed by atoms with Gasteiger partial charge in [0.1, 0.15) is 29.4 Å². The quantitative estimate of drug-likeness (QED) is 0.175. The van der Waals surface area contributed by atoms with Crippen LogP contribution in [0.15, 0.2) is 78.9 Å². The van der Waals surface area contributed by atoms with Gasteiger partial charge in [-0.2, -0.15) is 15.0 Å². The maximum absolute atomic E-state index is 13.0. The van der Waals surface area contributed by atoms with Gasteiger partial charge in [0.05, 0.1) is 26.9 Å². The fraction of sp³-hybridized carbons (Fsp3) is 0.425. The van der Waals surface area contributed by atoms with Crippen molar-refractivity contribution in [2.75, 3.05) is 56.7 Å². The van der Waals surface area contributed by atoms with Crippen LogP contribution in [-0.2, 0) is 24.7 Å². The maximum atomic E-state index is 13.0. The smallest absolute Gasteiger partial charge is 0.238 e. The van der Waals surface area contributed by atoms with E-state index in [2.05, 4.69) is 15.0 Å². The van der Waals surface area contributed by atoms with E-state index < -0.39 is 24.0 Å². The summed E-state index contributed by atoms with van der Waals surface area (Å²) in [4.78, 5) is 44.0. The van der Waals surface area contributed by atoms with Crippen LogP contribution in [0.1, 0.15) is 50.8 Å². The highest BCUT2D eigenvalue weighted by atomic mass is 16.6. The molecule has 282 valence electrons. The van der Waals surface area contributed by atoms with Gasteiger partial charge in [0.25, 0.3) is 0 Å². The third-order valence-electron chi connectivity index (χ3n) is 9.44. The Morgan fingerprint density at radius 1 is 0.736 bits per heavy atom. The van der Waals surface area contributed by atoms with Gasteiger partial charge in [-0.15, -0.1) is 0 Å². The second-order valence-electron chi connectivity index (χ2n) is 13.7. The molecule has 1 saturated heterocycles. The Labute approximate surface area is 311 Å². The predicted molar refractivity (Wildman–Crippen MR) is 202 cm³/mol. The highest BCUT2D eigenvalue weighted by molar-refractivity contribution is 5.94. The van der Waals surface area contributed by atoms with Crippen LogP contribution in [0.3, 0.4) is 0 Å². The predicted octanol–water partition coefficient (Wildman–Crippen LogP) is 5.05. The molecule has 1 aliphatic rings. The van der Waals surface area contributed by atoms with Crippen LogP contribution in [0.5, 0.6) is 11.5 Å². The second kappa shape index (κ2) is 16.7. The van der Waals surface area contributed by atoms with Crippen molar-refractivity contribution in [3.8, 4) is 11.5 Å². The molecule has 1 aromatic heterocycles. The number of ether oxygens (including phenoxy) is 4. The Kier molecular flexibility index (Phi) is 12.3. The molecule has 0 aliphatic carbocycles. The highest BCUT2D eigenvalue weighted by Gasteiger charge is 2.43. The van der Waals surface area contributed by atoms with E-state index in [1.807, 2.05) is 78.9 Å². The average molecular weight is 727 g/mol. The van der Waals surface area contributed by atoms with Gasteiger partial charge in [0.15, 0.2) is 0 Å². The van der Waals surface area contributed by atoms with E-state index in [4.69, 9.17) is 18.9 Å². The lowest BCUT2D eigenvalue weighted by Gasteiger charge is -2.37. The fourth-order valence-electron chi connectivity index (χ4n) is 6.29. The topological polar surface area (TPSA) is 140 Å². The number of carbonyl (C=O) groups excluding carboxylic acids is 2. The van der Waals surface area contributed by atoms with Crippen LogP contribution in [0, 0.1) is 11.8 Å². The molecule has 3 aromatic carbocycles. The zero-order valence-electron chi connectivity index (χ0n) is 31.9. The molecule has 53 heavy (non-hydrogen) atoms. The van der Waals surface area contributed by atoms with E-state index in [0.717, 1.165) is 16.7 Å². The van der Waals surface area contributed by atoms with Gasteiger partial charge >= 0.3 is 0 Å². The molecule has 0 unspecified atom stereocenters. The van der Waals surface area contributed by atoms with E-state index in [1.54, 1.807) is 68.0 Å². The zero-order chi connectivity index (χ0) is 38.4. The number of anilines is 3. The number of carbonyl (C=O) groups is 2. The molecule has 0 saturated carbocycles. The van der Waals surface area contributed by atoms with Gasteiger partial charge in [-0.3, -0.25) is 19.4 Å². The fourth-order valence-corrected chi connectivity index (χ4v) is 6.29. The lowest BCUT2D eigenvalue weighted by molar-refractivity contribution is -0.121.